The van der Waals surface area contributed by atoms with Crippen LogP contribution in [-0.4, -0.2) is 11.5 Å². The zero-order valence-corrected chi connectivity index (χ0v) is 12.1. The van der Waals surface area contributed by atoms with Gasteiger partial charge in [-0.15, -0.1) is 0 Å². The molecule has 0 fully saturated rings. The molecule has 0 unspecified atom stereocenters. The average molecular weight is 315 g/mol. The fraction of sp³-hybridized carbons (Fsp3) is 0.267. The lowest BCUT2D eigenvalue weighted by Gasteiger charge is -2.14. The molecule has 112 valence electrons. The van der Waals surface area contributed by atoms with Crippen molar-refractivity contribution < 1.29 is 13.2 Å². The van der Waals surface area contributed by atoms with Crippen LogP contribution in [0, 0.1) is 0 Å². The molecule has 1 heterocycles. The van der Waals surface area contributed by atoms with E-state index in [4.69, 9.17) is 11.6 Å². The summed E-state index contributed by atoms with van der Waals surface area (Å²) in [5, 5.41) is 3.42. The van der Waals surface area contributed by atoms with E-state index in [0.717, 1.165) is 24.4 Å². The van der Waals surface area contributed by atoms with Gasteiger partial charge < -0.3 is 5.32 Å². The van der Waals surface area contributed by atoms with Gasteiger partial charge in [-0.25, -0.2) is 0 Å². The lowest BCUT2D eigenvalue weighted by Crippen LogP contribution is -2.11. The Kier molecular flexibility index (Phi) is 4.85. The summed E-state index contributed by atoms with van der Waals surface area (Å²) in [5.74, 6) is 0. The summed E-state index contributed by atoms with van der Waals surface area (Å²) in [5.41, 5.74) is 0.504. The van der Waals surface area contributed by atoms with E-state index in [1.807, 2.05) is 6.92 Å². The number of benzene rings is 1. The molecule has 0 spiro atoms. The number of alkyl halides is 3. The number of hydrogen-bond donors (Lipinski definition) is 1. The quantitative estimate of drug-likeness (QED) is 0.897. The standard InChI is InChI=1S/C15H14ClF3N2/c1-2-20-8-10-3-4-11(14(16)7-10)12-9-21-6-5-13(12)15(17,18)19/h3-7,9,20H,2,8H2,1H3. The van der Waals surface area contributed by atoms with Gasteiger partial charge in [-0.1, -0.05) is 30.7 Å². The number of nitrogens with zero attached hydrogens (tertiary/aromatic N) is 1. The first-order chi connectivity index (χ1) is 9.93. The third-order valence-electron chi connectivity index (χ3n) is 3.03. The topological polar surface area (TPSA) is 24.9 Å². The molecule has 2 rings (SSSR count). The molecule has 0 bridgehead atoms. The van der Waals surface area contributed by atoms with Crippen LogP contribution in [0.5, 0.6) is 0 Å². The lowest BCUT2D eigenvalue weighted by molar-refractivity contribution is -0.137. The van der Waals surface area contributed by atoms with E-state index in [1.54, 1.807) is 18.2 Å². The largest absolute Gasteiger partial charge is 0.417 e. The van der Waals surface area contributed by atoms with Crippen molar-refractivity contribution in [2.45, 2.75) is 19.6 Å². The Bertz CT molecular complexity index is 627. The van der Waals surface area contributed by atoms with E-state index in [2.05, 4.69) is 10.3 Å². The van der Waals surface area contributed by atoms with E-state index in [9.17, 15) is 13.2 Å². The average Bonchev–Trinajstić information content (AvgIpc) is 2.44. The second-order valence-corrected chi connectivity index (χ2v) is 4.92. The number of nitrogens with one attached hydrogen (secondary N) is 1. The van der Waals surface area contributed by atoms with E-state index >= 15 is 0 Å². The maximum absolute atomic E-state index is 13.0. The van der Waals surface area contributed by atoms with Crippen LogP contribution >= 0.6 is 11.6 Å². The van der Waals surface area contributed by atoms with Crippen LogP contribution in [0.25, 0.3) is 11.1 Å². The van der Waals surface area contributed by atoms with Gasteiger partial charge in [0.15, 0.2) is 0 Å². The Labute approximate surface area is 126 Å². The van der Waals surface area contributed by atoms with Crippen molar-refractivity contribution in [3.63, 3.8) is 0 Å². The molecule has 6 heteroatoms. The molecule has 1 aromatic carbocycles. The van der Waals surface area contributed by atoms with Crippen LogP contribution in [0.1, 0.15) is 18.1 Å². The second-order valence-electron chi connectivity index (χ2n) is 4.51. The van der Waals surface area contributed by atoms with E-state index in [1.165, 1.54) is 6.20 Å². The molecule has 0 atom stereocenters. The highest BCUT2D eigenvalue weighted by Gasteiger charge is 2.34. The number of hydrogen-bond acceptors (Lipinski definition) is 2. The Morgan fingerprint density at radius 2 is 1.95 bits per heavy atom. The first-order valence-corrected chi connectivity index (χ1v) is 6.82. The Morgan fingerprint density at radius 3 is 2.57 bits per heavy atom. The predicted molar refractivity (Wildman–Crippen MR) is 77.1 cm³/mol. The van der Waals surface area contributed by atoms with Crippen LogP contribution in [0.15, 0.2) is 36.7 Å². The summed E-state index contributed by atoms with van der Waals surface area (Å²) >= 11 is 6.14. The van der Waals surface area contributed by atoms with Gasteiger partial charge in [0.2, 0.25) is 0 Å². The summed E-state index contributed by atoms with van der Waals surface area (Å²) in [4.78, 5) is 3.78. The smallest absolute Gasteiger partial charge is 0.313 e. The molecule has 2 aromatic rings. The molecule has 0 aliphatic rings. The first kappa shape index (κ1) is 15.8. The maximum Gasteiger partial charge on any atom is 0.417 e. The number of rotatable bonds is 4. The zero-order chi connectivity index (χ0) is 15.5. The first-order valence-electron chi connectivity index (χ1n) is 6.44. The Hall–Kier alpha value is -1.59. The van der Waals surface area contributed by atoms with Crippen molar-refractivity contribution in [2.24, 2.45) is 0 Å². The van der Waals surface area contributed by atoms with Gasteiger partial charge in [-0.2, -0.15) is 13.2 Å². The molecule has 1 aromatic heterocycles. The fourth-order valence-corrected chi connectivity index (χ4v) is 2.32. The van der Waals surface area contributed by atoms with Crippen LogP contribution in [0.4, 0.5) is 13.2 Å². The third kappa shape index (κ3) is 3.74. The van der Waals surface area contributed by atoms with E-state index in [-0.39, 0.29) is 10.6 Å². The summed E-state index contributed by atoms with van der Waals surface area (Å²) in [7, 11) is 0. The molecular weight excluding hydrogens is 301 g/mol. The number of aromatic nitrogens is 1. The van der Waals surface area contributed by atoms with Crippen LogP contribution < -0.4 is 5.32 Å². The molecule has 0 amide bonds. The third-order valence-corrected chi connectivity index (χ3v) is 3.34. The molecule has 1 N–H and O–H groups in total. The van der Waals surface area contributed by atoms with E-state index < -0.39 is 11.7 Å². The van der Waals surface area contributed by atoms with Gasteiger partial charge in [-0.3, -0.25) is 4.98 Å². The van der Waals surface area contributed by atoms with Gasteiger partial charge in [0, 0.05) is 35.1 Å². The van der Waals surface area contributed by atoms with Crippen molar-refractivity contribution >= 4 is 11.6 Å². The maximum atomic E-state index is 13.0. The van der Waals surface area contributed by atoms with E-state index in [0.29, 0.717) is 12.1 Å². The fourth-order valence-electron chi connectivity index (χ4n) is 2.01. The molecule has 0 saturated heterocycles. The van der Waals surface area contributed by atoms with Crippen molar-refractivity contribution in [3.05, 3.63) is 52.8 Å². The minimum Gasteiger partial charge on any atom is -0.313 e. The number of halogens is 4. The van der Waals surface area contributed by atoms with Crippen molar-refractivity contribution in [3.8, 4) is 11.1 Å². The van der Waals surface area contributed by atoms with Gasteiger partial charge in [0.25, 0.3) is 0 Å². The Morgan fingerprint density at radius 1 is 1.19 bits per heavy atom. The minimum absolute atomic E-state index is 0.00926. The predicted octanol–water partition coefficient (Wildman–Crippen LogP) is 4.53. The molecule has 2 nitrogen and oxygen atoms in total. The molecule has 21 heavy (non-hydrogen) atoms. The molecular formula is C15H14ClF3N2. The summed E-state index contributed by atoms with van der Waals surface area (Å²) in [6.07, 6.45) is -2.13. The molecule has 0 aliphatic carbocycles. The summed E-state index contributed by atoms with van der Waals surface area (Å²) in [6.45, 7) is 3.40. The lowest BCUT2D eigenvalue weighted by atomic mass is 10.0. The molecule has 0 saturated carbocycles. The zero-order valence-electron chi connectivity index (χ0n) is 11.3. The van der Waals surface area contributed by atoms with Gasteiger partial charge >= 0.3 is 6.18 Å². The SMILES string of the molecule is CCNCc1ccc(-c2cnccc2C(F)(F)F)c(Cl)c1. The minimum atomic E-state index is -4.44. The number of pyridine rings is 1. The summed E-state index contributed by atoms with van der Waals surface area (Å²) in [6, 6.07) is 5.99. The highest BCUT2D eigenvalue weighted by atomic mass is 35.5. The molecule has 0 aliphatic heterocycles. The Balaban J connectivity index is 2.44. The summed E-state index contributed by atoms with van der Waals surface area (Å²) < 4.78 is 39.1. The highest BCUT2D eigenvalue weighted by Crippen LogP contribution is 2.39. The van der Waals surface area contributed by atoms with Crippen molar-refractivity contribution in [1.82, 2.24) is 10.3 Å². The highest BCUT2D eigenvalue weighted by molar-refractivity contribution is 6.33. The van der Waals surface area contributed by atoms with Gasteiger partial charge in [0.05, 0.1) is 5.56 Å². The van der Waals surface area contributed by atoms with Crippen LogP contribution in [-0.2, 0) is 12.7 Å². The monoisotopic (exact) mass is 314 g/mol. The van der Waals surface area contributed by atoms with Crippen LogP contribution in [0.2, 0.25) is 5.02 Å². The van der Waals surface area contributed by atoms with Crippen molar-refractivity contribution in [1.29, 1.82) is 0 Å². The van der Waals surface area contributed by atoms with Gasteiger partial charge in [0.1, 0.15) is 0 Å². The normalized spacial score (nSPS) is 11.7. The van der Waals surface area contributed by atoms with Gasteiger partial charge in [-0.05, 0) is 24.2 Å². The second kappa shape index (κ2) is 6.45. The molecule has 0 radical (unpaired) electrons. The van der Waals surface area contributed by atoms with Crippen LogP contribution in [0.3, 0.4) is 0 Å². The van der Waals surface area contributed by atoms with Crippen molar-refractivity contribution in [2.75, 3.05) is 6.54 Å².